The van der Waals surface area contributed by atoms with E-state index in [0.717, 1.165) is 10.5 Å². The largest absolute Gasteiger partial charge is 0.414 e. The number of amides is 1. The third kappa shape index (κ3) is 5.22. The SMILES string of the molecule is CC1C(C(F)(F)F)=C(Cl)C=CC1NC(=O)c1ccccc1SCc1ccncc1. The van der Waals surface area contributed by atoms with E-state index >= 15 is 0 Å². The lowest BCUT2D eigenvalue weighted by molar-refractivity contribution is -0.0996. The van der Waals surface area contributed by atoms with Gasteiger partial charge in [-0.05, 0) is 35.9 Å². The summed E-state index contributed by atoms with van der Waals surface area (Å²) < 4.78 is 39.9. The number of hydrogen-bond donors (Lipinski definition) is 1. The lowest BCUT2D eigenvalue weighted by Crippen LogP contribution is -2.42. The van der Waals surface area contributed by atoms with Gasteiger partial charge in [0.25, 0.3) is 5.91 Å². The number of nitrogens with zero attached hydrogens (tertiary/aromatic N) is 1. The first-order valence-corrected chi connectivity index (χ1v) is 10.2. The average molecular weight is 439 g/mol. The first-order chi connectivity index (χ1) is 13.8. The Morgan fingerprint density at radius 2 is 1.90 bits per heavy atom. The molecule has 3 nitrogen and oxygen atoms in total. The zero-order chi connectivity index (χ0) is 21.0. The van der Waals surface area contributed by atoms with Crippen LogP contribution in [0.5, 0.6) is 0 Å². The van der Waals surface area contributed by atoms with E-state index in [-0.39, 0.29) is 5.03 Å². The Morgan fingerprint density at radius 3 is 2.59 bits per heavy atom. The minimum absolute atomic E-state index is 0.344. The number of rotatable bonds is 5. The van der Waals surface area contributed by atoms with Gasteiger partial charge in [-0.25, -0.2) is 0 Å². The standard InChI is InChI=1S/C21H18ClF3N2OS/c1-13-17(7-6-16(22)19(13)21(23,24)25)27-20(28)15-4-2-3-5-18(15)29-12-14-8-10-26-11-9-14/h2-11,13,17H,12H2,1H3,(H,27,28). The third-order valence-electron chi connectivity index (χ3n) is 4.58. The van der Waals surface area contributed by atoms with Crippen LogP contribution in [0.4, 0.5) is 13.2 Å². The van der Waals surface area contributed by atoms with Crippen molar-refractivity contribution in [1.29, 1.82) is 0 Å². The average Bonchev–Trinajstić information content (AvgIpc) is 2.68. The second-order valence-corrected chi connectivity index (χ2v) is 7.97. The first kappa shape index (κ1) is 21.5. The molecule has 0 aliphatic heterocycles. The van der Waals surface area contributed by atoms with Gasteiger partial charge < -0.3 is 5.32 Å². The van der Waals surface area contributed by atoms with E-state index < -0.39 is 29.6 Å². The number of hydrogen-bond acceptors (Lipinski definition) is 3. The summed E-state index contributed by atoms with van der Waals surface area (Å²) in [5.74, 6) is -0.778. The molecule has 3 rings (SSSR count). The zero-order valence-electron chi connectivity index (χ0n) is 15.4. The van der Waals surface area contributed by atoms with Crippen molar-refractivity contribution in [2.45, 2.75) is 29.8 Å². The van der Waals surface area contributed by atoms with Crippen LogP contribution < -0.4 is 5.32 Å². The third-order valence-corrected chi connectivity index (χ3v) is 6.05. The van der Waals surface area contributed by atoms with Gasteiger partial charge in [-0.3, -0.25) is 9.78 Å². The first-order valence-electron chi connectivity index (χ1n) is 8.84. The van der Waals surface area contributed by atoms with E-state index in [2.05, 4.69) is 10.3 Å². The number of nitrogens with one attached hydrogen (secondary N) is 1. The Balaban J connectivity index is 1.74. The predicted molar refractivity (Wildman–Crippen MR) is 109 cm³/mol. The van der Waals surface area contributed by atoms with Gasteiger partial charge in [0.05, 0.1) is 17.2 Å². The van der Waals surface area contributed by atoms with Crippen molar-refractivity contribution >= 4 is 29.3 Å². The van der Waals surface area contributed by atoms with Crippen LogP contribution >= 0.6 is 23.4 Å². The molecule has 1 aliphatic carbocycles. The highest BCUT2D eigenvalue weighted by Gasteiger charge is 2.42. The molecule has 0 bridgehead atoms. The van der Waals surface area contributed by atoms with Crippen LogP contribution in [0.25, 0.3) is 0 Å². The van der Waals surface area contributed by atoms with E-state index in [9.17, 15) is 18.0 Å². The van der Waals surface area contributed by atoms with Crippen LogP contribution in [0.2, 0.25) is 0 Å². The van der Waals surface area contributed by atoms with Gasteiger partial charge in [-0.1, -0.05) is 36.7 Å². The minimum atomic E-state index is -4.55. The molecule has 1 amide bonds. The maximum absolute atomic E-state index is 13.3. The van der Waals surface area contributed by atoms with E-state index in [0.29, 0.717) is 11.3 Å². The van der Waals surface area contributed by atoms with Gasteiger partial charge in [-0.15, -0.1) is 11.8 Å². The number of allylic oxidation sites excluding steroid dienone is 2. The summed E-state index contributed by atoms with van der Waals surface area (Å²) in [7, 11) is 0. The topological polar surface area (TPSA) is 42.0 Å². The maximum atomic E-state index is 13.3. The molecule has 0 fully saturated rings. The van der Waals surface area contributed by atoms with Crippen molar-refractivity contribution < 1.29 is 18.0 Å². The van der Waals surface area contributed by atoms with Crippen molar-refractivity contribution in [2.24, 2.45) is 5.92 Å². The number of benzene rings is 1. The zero-order valence-corrected chi connectivity index (χ0v) is 17.0. The van der Waals surface area contributed by atoms with E-state index in [1.807, 2.05) is 24.3 Å². The fourth-order valence-corrected chi connectivity index (χ4v) is 4.42. The molecular weight excluding hydrogens is 421 g/mol. The van der Waals surface area contributed by atoms with Crippen LogP contribution in [0.15, 0.2) is 76.4 Å². The molecule has 0 saturated heterocycles. The number of alkyl halides is 3. The molecule has 0 spiro atoms. The van der Waals surface area contributed by atoms with Crippen LogP contribution in [-0.4, -0.2) is 23.1 Å². The Labute approximate surface area is 176 Å². The van der Waals surface area contributed by atoms with Gasteiger partial charge in [-0.2, -0.15) is 13.2 Å². The molecule has 1 N–H and O–H groups in total. The number of pyridine rings is 1. The summed E-state index contributed by atoms with van der Waals surface area (Å²) in [6.07, 6.45) is 1.53. The minimum Gasteiger partial charge on any atom is -0.345 e. The van der Waals surface area contributed by atoms with Crippen molar-refractivity contribution in [3.8, 4) is 0 Å². The molecular formula is C21H18ClF3N2OS. The van der Waals surface area contributed by atoms with E-state index in [1.54, 1.807) is 24.5 Å². The summed E-state index contributed by atoms with van der Waals surface area (Å²) in [5, 5.41) is 2.36. The molecule has 0 saturated carbocycles. The van der Waals surface area contributed by atoms with Gasteiger partial charge in [0, 0.05) is 34.0 Å². The van der Waals surface area contributed by atoms with Gasteiger partial charge >= 0.3 is 6.18 Å². The number of halogens is 4. The molecule has 29 heavy (non-hydrogen) atoms. The number of carbonyl (C=O) groups excluding carboxylic acids is 1. The monoisotopic (exact) mass is 438 g/mol. The summed E-state index contributed by atoms with van der Waals surface area (Å²) in [6, 6.07) is 9.99. The number of thioether (sulfide) groups is 1. The molecule has 1 aromatic carbocycles. The van der Waals surface area contributed by atoms with Crippen molar-refractivity contribution in [1.82, 2.24) is 10.3 Å². The summed E-state index contributed by atoms with van der Waals surface area (Å²) in [4.78, 5) is 17.6. The smallest absolute Gasteiger partial charge is 0.345 e. The Hall–Kier alpha value is -2.25. The summed E-state index contributed by atoms with van der Waals surface area (Å²) >= 11 is 7.24. The maximum Gasteiger partial charge on any atom is 0.414 e. The fraction of sp³-hybridized carbons (Fsp3) is 0.238. The van der Waals surface area contributed by atoms with Gasteiger partial charge in [0.1, 0.15) is 0 Å². The molecule has 1 heterocycles. The molecule has 1 aromatic heterocycles. The van der Waals surface area contributed by atoms with Crippen LogP contribution in [0, 0.1) is 5.92 Å². The van der Waals surface area contributed by atoms with E-state index in [1.165, 1.54) is 30.8 Å². The van der Waals surface area contributed by atoms with Crippen LogP contribution in [0.3, 0.4) is 0 Å². The fourth-order valence-electron chi connectivity index (χ4n) is 3.06. The second-order valence-electron chi connectivity index (χ2n) is 6.55. The highest BCUT2D eigenvalue weighted by molar-refractivity contribution is 7.98. The Kier molecular flexibility index (Phi) is 6.70. The predicted octanol–water partition coefficient (Wildman–Crippen LogP) is 5.73. The van der Waals surface area contributed by atoms with Crippen LogP contribution in [-0.2, 0) is 5.75 Å². The molecule has 8 heteroatoms. The number of aromatic nitrogens is 1. The van der Waals surface area contributed by atoms with Gasteiger partial charge in [0.2, 0.25) is 0 Å². The lowest BCUT2D eigenvalue weighted by atomic mass is 9.88. The van der Waals surface area contributed by atoms with Gasteiger partial charge in [0.15, 0.2) is 0 Å². The van der Waals surface area contributed by atoms with Crippen molar-refractivity contribution in [3.63, 3.8) is 0 Å². The molecule has 2 unspecified atom stereocenters. The van der Waals surface area contributed by atoms with E-state index in [4.69, 9.17) is 11.6 Å². The Morgan fingerprint density at radius 1 is 1.21 bits per heavy atom. The normalized spacial score (nSPS) is 19.3. The summed E-state index contributed by atoms with van der Waals surface area (Å²) in [6.45, 7) is 1.41. The molecule has 152 valence electrons. The Bertz CT molecular complexity index is 944. The lowest BCUT2D eigenvalue weighted by Gasteiger charge is -2.29. The number of carbonyl (C=O) groups is 1. The quantitative estimate of drug-likeness (QED) is 0.606. The van der Waals surface area contributed by atoms with Crippen molar-refractivity contribution in [2.75, 3.05) is 0 Å². The molecule has 0 radical (unpaired) electrons. The van der Waals surface area contributed by atoms with Crippen molar-refractivity contribution in [3.05, 3.63) is 82.7 Å². The molecule has 1 aliphatic rings. The highest BCUT2D eigenvalue weighted by atomic mass is 35.5. The highest BCUT2D eigenvalue weighted by Crippen LogP contribution is 2.39. The second kappa shape index (κ2) is 9.05. The molecule has 2 atom stereocenters. The van der Waals surface area contributed by atoms with Crippen LogP contribution in [0.1, 0.15) is 22.8 Å². The molecule has 2 aromatic rings. The summed E-state index contributed by atoms with van der Waals surface area (Å²) in [5.41, 5.74) is 0.646.